The van der Waals surface area contributed by atoms with Crippen LogP contribution in [-0.2, 0) is 0 Å². The van der Waals surface area contributed by atoms with Crippen LogP contribution in [0.4, 0.5) is 0 Å². The van der Waals surface area contributed by atoms with E-state index in [9.17, 15) is 0 Å². The predicted molar refractivity (Wildman–Crippen MR) is 78.3 cm³/mol. The Bertz CT molecular complexity index is 337. The topological polar surface area (TPSA) is 9.23 Å². The molecule has 0 heterocycles. The fraction of sp³-hybridized carbons (Fsp3) is 0.600. The summed E-state index contributed by atoms with van der Waals surface area (Å²) in [6.45, 7) is 9.47. The molecule has 0 saturated heterocycles. The van der Waals surface area contributed by atoms with Crippen molar-refractivity contribution in [1.82, 2.24) is 0 Å². The summed E-state index contributed by atoms with van der Waals surface area (Å²) in [5.74, 6) is 1.79. The number of ether oxygens (including phenoxy) is 1. The van der Waals surface area contributed by atoms with Gasteiger partial charge in [0.25, 0.3) is 0 Å². The first kappa shape index (κ1) is 14.6. The Morgan fingerprint density at radius 2 is 1.71 bits per heavy atom. The Balaban J connectivity index is 2.52. The maximum atomic E-state index is 5.92. The van der Waals surface area contributed by atoms with E-state index in [4.69, 9.17) is 4.74 Å². The minimum atomic E-state index is 0.723. The van der Waals surface area contributed by atoms with Crippen LogP contribution in [0.1, 0.15) is 36.5 Å². The third-order valence-corrected chi connectivity index (χ3v) is 3.52. The predicted octanol–water partition coefficient (Wildman–Crippen LogP) is 4.80. The van der Waals surface area contributed by atoms with Gasteiger partial charge < -0.3 is 4.74 Å². The normalized spacial score (nSPS) is 12.5. The van der Waals surface area contributed by atoms with Crippen molar-refractivity contribution in [3.05, 3.63) is 28.8 Å². The molecule has 1 aromatic rings. The van der Waals surface area contributed by atoms with Crippen molar-refractivity contribution in [2.24, 2.45) is 5.92 Å². The quantitative estimate of drug-likeness (QED) is 0.685. The lowest BCUT2D eigenvalue weighted by Crippen LogP contribution is -2.06. The summed E-state index contributed by atoms with van der Waals surface area (Å²) in [7, 11) is 0. The molecule has 0 fully saturated rings. The minimum Gasteiger partial charge on any atom is -0.493 e. The second-order valence-electron chi connectivity index (χ2n) is 4.95. The molecule has 0 aliphatic rings. The molecule has 0 aromatic heterocycles. The summed E-state index contributed by atoms with van der Waals surface area (Å²) in [6, 6.07) is 4.37. The number of aryl methyl sites for hydroxylation is 3. The molecular formula is C15H23BrO. The number of rotatable bonds is 6. The molecular weight excluding hydrogens is 276 g/mol. The van der Waals surface area contributed by atoms with Gasteiger partial charge in [0.2, 0.25) is 0 Å². The number of benzene rings is 1. The van der Waals surface area contributed by atoms with E-state index in [0.29, 0.717) is 0 Å². The third-order valence-electron chi connectivity index (χ3n) is 3.06. The minimum absolute atomic E-state index is 0.723. The highest BCUT2D eigenvalue weighted by molar-refractivity contribution is 9.09. The molecule has 0 saturated carbocycles. The van der Waals surface area contributed by atoms with Crippen molar-refractivity contribution in [3.63, 3.8) is 0 Å². The Kier molecular flexibility index (Phi) is 6.04. The molecule has 1 rings (SSSR count). The van der Waals surface area contributed by atoms with E-state index in [0.717, 1.165) is 30.0 Å². The molecule has 1 aromatic carbocycles. The SMILES string of the molecule is Cc1cc(C)c(OCCC(C)CCBr)c(C)c1. The Morgan fingerprint density at radius 1 is 1.12 bits per heavy atom. The molecule has 0 aliphatic carbocycles. The highest BCUT2D eigenvalue weighted by atomic mass is 79.9. The Morgan fingerprint density at radius 3 is 2.24 bits per heavy atom. The van der Waals surface area contributed by atoms with Crippen LogP contribution >= 0.6 is 15.9 Å². The molecule has 1 unspecified atom stereocenters. The van der Waals surface area contributed by atoms with E-state index >= 15 is 0 Å². The van der Waals surface area contributed by atoms with Crippen molar-refractivity contribution < 1.29 is 4.74 Å². The zero-order valence-corrected chi connectivity index (χ0v) is 12.9. The van der Waals surface area contributed by atoms with Crippen LogP contribution in [0.2, 0.25) is 0 Å². The first-order valence-electron chi connectivity index (χ1n) is 6.31. The molecule has 96 valence electrons. The molecule has 2 heteroatoms. The summed E-state index contributed by atoms with van der Waals surface area (Å²) < 4.78 is 5.92. The summed E-state index contributed by atoms with van der Waals surface area (Å²) in [5.41, 5.74) is 3.80. The van der Waals surface area contributed by atoms with Gasteiger partial charge in [0, 0.05) is 5.33 Å². The number of hydrogen-bond donors (Lipinski definition) is 0. The molecule has 0 N–H and O–H groups in total. The summed E-state index contributed by atoms with van der Waals surface area (Å²) >= 11 is 3.48. The highest BCUT2D eigenvalue weighted by Crippen LogP contribution is 2.25. The standard InChI is InChI=1S/C15H23BrO/c1-11(5-7-16)6-8-17-15-13(3)9-12(2)10-14(15)4/h9-11H,5-8H2,1-4H3. The molecule has 0 amide bonds. The fourth-order valence-electron chi connectivity index (χ4n) is 2.09. The van der Waals surface area contributed by atoms with Gasteiger partial charge in [-0.05, 0) is 50.7 Å². The zero-order valence-electron chi connectivity index (χ0n) is 11.3. The molecule has 0 bridgehead atoms. The molecule has 1 atom stereocenters. The van der Waals surface area contributed by atoms with Crippen LogP contribution in [0.25, 0.3) is 0 Å². The number of hydrogen-bond acceptors (Lipinski definition) is 1. The molecule has 17 heavy (non-hydrogen) atoms. The van der Waals surface area contributed by atoms with Gasteiger partial charge in [-0.3, -0.25) is 0 Å². The van der Waals surface area contributed by atoms with E-state index in [1.165, 1.54) is 23.1 Å². The van der Waals surface area contributed by atoms with Crippen LogP contribution in [0.5, 0.6) is 5.75 Å². The van der Waals surface area contributed by atoms with Crippen LogP contribution in [0.3, 0.4) is 0 Å². The van der Waals surface area contributed by atoms with Crippen LogP contribution in [0, 0.1) is 26.7 Å². The first-order valence-corrected chi connectivity index (χ1v) is 7.43. The third kappa shape index (κ3) is 4.71. The smallest absolute Gasteiger partial charge is 0.125 e. The highest BCUT2D eigenvalue weighted by Gasteiger charge is 2.06. The number of alkyl halides is 1. The van der Waals surface area contributed by atoms with Gasteiger partial charge in [0.1, 0.15) is 5.75 Å². The lowest BCUT2D eigenvalue weighted by Gasteiger charge is -2.15. The number of halogens is 1. The largest absolute Gasteiger partial charge is 0.493 e. The van der Waals surface area contributed by atoms with E-state index in [1.54, 1.807) is 0 Å². The maximum Gasteiger partial charge on any atom is 0.125 e. The summed E-state index contributed by atoms with van der Waals surface area (Å²) in [5, 5.41) is 1.08. The monoisotopic (exact) mass is 298 g/mol. The van der Waals surface area contributed by atoms with Crippen molar-refractivity contribution in [2.45, 2.75) is 40.5 Å². The Hall–Kier alpha value is -0.500. The van der Waals surface area contributed by atoms with Gasteiger partial charge >= 0.3 is 0 Å². The lowest BCUT2D eigenvalue weighted by molar-refractivity contribution is 0.279. The summed E-state index contributed by atoms with van der Waals surface area (Å²) in [4.78, 5) is 0. The maximum absolute atomic E-state index is 5.92. The fourth-order valence-corrected chi connectivity index (χ4v) is 2.87. The van der Waals surface area contributed by atoms with Gasteiger partial charge in [-0.1, -0.05) is 40.5 Å². The molecule has 0 spiro atoms. The van der Waals surface area contributed by atoms with Crippen LogP contribution < -0.4 is 4.74 Å². The van der Waals surface area contributed by atoms with E-state index < -0.39 is 0 Å². The van der Waals surface area contributed by atoms with Gasteiger partial charge in [0.05, 0.1) is 6.61 Å². The zero-order chi connectivity index (χ0) is 12.8. The van der Waals surface area contributed by atoms with Crippen molar-refractivity contribution >= 4 is 15.9 Å². The second-order valence-corrected chi connectivity index (χ2v) is 5.74. The summed E-state index contributed by atoms with van der Waals surface area (Å²) in [6.07, 6.45) is 2.34. The van der Waals surface area contributed by atoms with Gasteiger partial charge in [-0.25, -0.2) is 0 Å². The average molecular weight is 299 g/mol. The first-order chi connectivity index (χ1) is 8.04. The van der Waals surface area contributed by atoms with Crippen LogP contribution in [0.15, 0.2) is 12.1 Å². The van der Waals surface area contributed by atoms with Gasteiger partial charge in [-0.2, -0.15) is 0 Å². The lowest BCUT2D eigenvalue weighted by atomic mass is 10.1. The van der Waals surface area contributed by atoms with E-state index in [-0.39, 0.29) is 0 Å². The van der Waals surface area contributed by atoms with Crippen molar-refractivity contribution in [3.8, 4) is 5.75 Å². The molecule has 0 aliphatic heterocycles. The van der Waals surface area contributed by atoms with Crippen molar-refractivity contribution in [2.75, 3.05) is 11.9 Å². The van der Waals surface area contributed by atoms with Gasteiger partial charge in [0.15, 0.2) is 0 Å². The van der Waals surface area contributed by atoms with E-state index in [1.807, 2.05) is 0 Å². The molecule has 1 nitrogen and oxygen atoms in total. The molecule has 0 radical (unpaired) electrons. The van der Waals surface area contributed by atoms with Crippen molar-refractivity contribution in [1.29, 1.82) is 0 Å². The average Bonchev–Trinajstić information content (AvgIpc) is 2.22. The Labute approximate surface area is 114 Å². The van der Waals surface area contributed by atoms with Crippen LogP contribution in [-0.4, -0.2) is 11.9 Å². The second kappa shape index (κ2) is 7.05. The van der Waals surface area contributed by atoms with E-state index in [2.05, 4.69) is 55.8 Å². The van der Waals surface area contributed by atoms with Gasteiger partial charge in [-0.15, -0.1) is 0 Å².